The molecule has 5 nitrogen and oxygen atoms in total. The third-order valence-corrected chi connectivity index (χ3v) is 2.90. The number of hydrogen-bond donors (Lipinski definition) is 3. The Morgan fingerprint density at radius 3 is 2.32 bits per heavy atom. The first-order chi connectivity index (χ1) is 8.91. The van der Waals surface area contributed by atoms with Crippen LogP contribution in [0.3, 0.4) is 0 Å². The van der Waals surface area contributed by atoms with Crippen LogP contribution in [0.25, 0.3) is 0 Å². The molecule has 0 heterocycles. The van der Waals surface area contributed by atoms with E-state index in [1.807, 2.05) is 6.92 Å². The number of amides is 2. The third kappa shape index (κ3) is 13.0. The molecule has 2 amide bonds. The number of unbranched alkanes of at least 4 members (excludes halogenated alkanes) is 1. The Morgan fingerprint density at radius 2 is 1.74 bits per heavy atom. The van der Waals surface area contributed by atoms with Crippen molar-refractivity contribution in [3.05, 3.63) is 0 Å². The standard InChI is InChI=1S/C14H28N2O3/c1-11(2)7-6-8-12(3)16-14(19)15-10-5-4-9-13(17)18/h11-12H,4-10H2,1-3H3,(H,17,18)(H2,15,16,19). The second-order valence-corrected chi connectivity index (χ2v) is 5.48. The number of rotatable bonds is 10. The predicted molar refractivity (Wildman–Crippen MR) is 76.2 cm³/mol. The van der Waals surface area contributed by atoms with Gasteiger partial charge >= 0.3 is 12.0 Å². The van der Waals surface area contributed by atoms with Crippen LogP contribution in [0.15, 0.2) is 0 Å². The molecule has 1 atom stereocenters. The van der Waals surface area contributed by atoms with Crippen molar-refractivity contribution in [3.63, 3.8) is 0 Å². The van der Waals surface area contributed by atoms with E-state index in [2.05, 4.69) is 24.5 Å². The maximum Gasteiger partial charge on any atom is 0.314 e. The zero-order valence-electron chi connectivity index (χ0n) is 12.4. The fourth-order valence-corrected chi connectivity index (χ4v) is 1.78. The highest BCUT2D eigenvalue weighted by Gasteiger charge is 2.06. The molecule has 3 N–H and O–H groups in total. The molecule has 0 aliphatic rings. The zero-order valence-corrected chi connectivity index (χ0v) is 12.4. The highest BCUT2D eigenvalue weighted by Crippen LogP contribution is 2.08. The number of nitrogens with one attached hydrogen (secondary N) is 2. The molecule has 5 heteroatoms. The third-order valence-electron chi connectivity index (χ3n) is 2.90. The van der Waals surface area contributed by atoms with Gasteiger partial charge in [-0.1, -0.05) is 26.7 Å². The van der Waals surface area contributed by atoms with Crippen LogP contribution in [0.1, 0.15) is 59.3 Å². The van der Waals surface area contributed by atoms with Crippen molar-refractivity contribution in [3.8, 4) is 0 Å². The molecule has 0 fully saturated rings. The van der Waals surface area contributed by atoms with Gasteiger partial charge in [0.05, 0.1) is 0 Å². The van der Waals surface area contributed by atoms with Gasteiger partial charge < -0.3 is 15.7 Å². The van der Waals surface area contributed by atoms with Crippen LogP contribution in [-0.2, 0) is 4.79 Å². The topological polar surface area (TPSA) is 78.4 Å². The Morgan fingerprint density at radius 1 is 1.05 bits per heavy atom. The number of urea groups is 1. The summed E-state index contributed by atoms with van der Waals surface area (Å²) in [5, 5.41) is 14.1. The summed E-state index contributed by atoms with van der Waals surface area (Å²) in [4.78, 5) is 21.8. The minimum atomic E-state index is -0.789. The summed E-state index contributed by atoms with van der Waals surface area (Å²) < 4.78 is 0. The molecule has 19 heavy (non-hydrogen) atoms. The van der Waals surface area contributed by atoms with E-state index in [4.69, 9.17) is 5.11 Å². The summed E-state index contributed by atoms with van der Waals surface area (Å²) in [5.41, 5.74) is 0. The quantitative estimate of drug-likeness (QED) is 0.535. The van der Waals surface area contributed by atoms with Crippen molar-refractivity contribution in [2.75, 3.05) is 6.54 Å². The Labute approximate surface area is 116 Å². The first kappa shape index (κ1) is 17.7. The van der Waals surface area contributed by atoms with E-state index in [1.165, 1.54) is 6.42 Å². The lowest BCUT2D eigenvalue weighted by Gasteiger charge is -2.15. The van der Waals surface area contributed by atoms with Crippen LogP contribution < -0.4 is 10.6 Å². The monoisotopic (exact) mass is 272 g/mol. The van der Waals surface area contributed by atoms with E-state index in [9.17, 15) is 9.59 Å². The number of carbonyl (C=O) groups excluding carboxylic acids is 1. The van der Waals surface area contributed by atoms with Crippen LogP contribution in [0.4, 0.5) is 4.79 Å². The fraction of sp³-hybridized carbons (Fsp3) is 0.857. The molecule has 0 bridgehead atoms. The van der Waals surface area contributed by atoms with Gasteiger partial charge in [0.1, 0.15) is 0 Å². The van der Waals surface area contributed by atoms with Crippen LogP contribution in [-0.4, -0.2) is 29.7 Å². The smallest absolute Gasteiger partial charge is 0.314 e. The minimum absolute atomic E-state index is 0.160. The van der Waals surface area contributed by atoms with Gasteiger partial charge in [0.2, 0.25) is 0 Å². The average Bonchev–Trinajstić information content (AvgIpc) is 2.27. The molecule has 0 aliphatic carbocycles. The van der Waals surface area contributed by atoms with Crippen molar-refractivity contribution < 1.29 is 14.7 Å². The van der Waals surface area contributed by atoms with E-state index in [0.29, 0.717) is 25.3 Å². The predicted octanol–water partition coefficient (Wildman–Crippen LogP) is 2.76. The van der Waals surface area contributed by atoms with E-state index in [1.54, 1.807) is 0 Å². The average molecular weight is 272 g/mol. The van der Waals surface area contributed by atoms with Crippen LogP contribution in [0.5, 0.6) is 0 Å². The second kappa shape index (κ2) is 10.6. The fourth-order valence-electron chi connectivity index (χ4n) is 1.78. The maximum absolute atomic E-state index is 11.5. The molecule has 0 spiro atoms. The Kier molecular flexibility index (Phi) is 9.94. The summed E-state index contributed by atoms with van der Waals surface area (Å²) >= 11 is 0. The molecule has 0 aromatic carbocycles. The Bertz CT molecular complexity index is 267. The van der Waals surface area contributed by atoms with Crippen molar-refractivity contribution in [2.24, 2.45) is 5.92 Å². The molecule has 0 radical (unpaired) electrons. The summed E-state index contributed by atoms with van der Waals surface area (Å²) in [5.74, 6) is -0.0847. The SMILES string of the molecule is CC(C)CCCC(C)NC(=O)NCCCCC(=O)O. The van der Waals surface area contributed by atoms with Gasteiger partial charge in [0.25, 0.3) is 0 Å². The molecular formula is C14H28N2O3. The second-order valence-electron chi connectivity index (χ2n) is 5.48. The first-order valence-electron chi connectivity index (χ1n) is 7.18. The van der Waals surface area contributed by atoms with Crippen LogP contribution >= 0.6 is 0 Å². The number of carbonyl (C=O) groups is 2. The normalized spacial score (nSPS) is 12.2. The van der Waals surface area contributed by atoms with Gasteiger partial charge in [-0.05, 0) is 32.1 Å². The summed E-state index contributed by atoms with van der Waals surface area (Å²) in [6, 6.07) is 0.0186. The van der Waals surface area contributed by atoms with Gasteiger partial charge in [-0.3, -0.25) is 4.79 Å². The number of hydrogen-bond acceptors (Lipinski definition) is 2. The van der Waals surface area contributed by atoms with Crippen molar-refractivity contribution in [1.82, 2.24) is 10.6 Å². The first-order valence-corrected chi connectivity index (χ1v) is 7.18. The van der Waals surface area contributed by atoms with E-state index in [0.717, 1.165) is 12.8 Å². The lowest BCUT2D eigenvalue weighted by Crippen LogP contribution is -2.41. The molecule has 0 rings (SSSR count). The van der Waals surface area contributed by atoms with Crippen molar-refractivity contribution >= 4 is 12.0 Å². The number of carboxylic acids is 1. The van der Waals surface area contributed by atoms with Gasteiger partial charge in [0, 0.05) is 19.0 Å². The summed E-state index contributed by atoms with van der Waals surface area (Å²) in [6.07, 6.45) is 4.75. The van der Waals surface area contributed by atoms with Gasteiger partial charge in [-0.15, -0.1) is 0 Å². The highest BCUT2D eigenvalue weighted by molar-refractivity contribution is 5.74. The summed E-state index contributed by atoms with van der Waals surface area (Å²) in [6.45, 7) is 6.92. The van der Waals surface area contributed by atoms with E-state index < -0.39 is 5.97 Å². The minimum Gasteiger partial charge on any atom is -0.481 e. The van der Waals surface area contributed by atoms with Crippen LogP contribution in [0.2, 0.25) is 0 Å². The van der Waals surface area contributed by atoms with Gasteiger partial charge in [-0.2, -0.15) is 0 Å². The van der Waals surface area contributed by atoms with Gasteiger partial charge in [-0.25, -0.2) is 4.79 Å². The lowest BCUT2D eigenvalue weighted by atomic mass is 10.0. The summed E-state index contributed by atoms with van der Waals surface area (Å²) in [7, 11) is 0. The van der Waals surface area contributed by atoms with Crippen molar-refractivity contribution in [2.45, 2.75) is 65.3 Å². The molecular weight excluding hydrogens is 244 g/mol. The van der Waals surface area contributed by atoms with Crippen LogP contribution in [0, 0.1) is 5.92 Å². The maximum atomic E-state index is 11.5. The Hall–Kier alpha value is -1.26. The highest BCUT2D eigenvalue weighted by atomic mass is 16.4. The molecule has 0 aliphatic heterocycles. The zero-order chi connectivity index (χ0) is 14.7. The Balaban J connectivity index is 3.48. The van der Waals surface area contributed by atoms with E-state index >= 15 is 0 Å². The largest absolute Gasteiger partial charge is 0.481 e. The molecule has 112 valence electrons. The van der Waals surface area contributed by atoms with E-state index in [-0.39, 0.29) is 18.5 Å². The molecule has 0 saturated heterocycles. The number of carboxylic acid groups (broad SMARTS) is 1. The molecule has 0 aromatic heterocycles. The molecule has 1 unspecified atom stereocenters. The number of aliphatic carboxylic acids is 1. The lowest BCUT2D eigenvalue weighted by molar-refractivity contribution is -0.137. The molecule has 0 aromatic rings. The molecule has 0 saturated carbocycles. The van der Waals surface area contributed by atoms with Crippen molar-refractivity contribution in [1.29, 1.82) is 0 Å². The van der Waals surface area contributed by atoms with Gasteiger partial charge in [0.15, 0.2) is 0 Å².